The maximum absolute atomic E-state index is 4.09. The summed E-state index contributed by atoms with van der Waals surface area (Å²) in [5, 5.41) is 0. The van der Waals surface area contributed by atoms with Gasteiger partial charge in [-0.25, -0.2) is 0 Å². The average molecular weight is 1550 g/mol. The Labute approximate surface area is 709 Å². The molecule has 0 radical (unpaired) electrons. The molecule has 2 heteroatoms. The Bertz CT molecular complexity index is 4520. The molecule has 0 unspecified atom stereocenters. The van der Waals surface area contributed by atoms with Crippen LogP contribution in [0, 0.1) is 0 Å². The van der Waals surface area contributed by atoms with Crippen LogP contribution < -0.4 is 9.80 Å². The first kappa shape index (κ1) is 89.1. The summed E-state index contributed by atoms with van der Waals surface area (Å²) < 4.78 is 0. The zero-order chi connectivity index (χ0) is 83.5. The van der Waals surface area contributed by atoms with E-state index in [1.807, 2.05) is 6.08 Å². The third-order valence-corrected chi connectivity index (χ3v) is 29.3. The van der Waals surface area contributed by atoms with Gasteiger partial charge in [0.1, 0.15) is 0 Å². The summed E-state index contributed by atoms with van der Waals surface area (Å²) in [5.41, 5.74) is 29.4. The fraction of sp³-hybridized carbons (Fsp3) is 0.509. The van der Waals surface area contributed by atoms with Gasteiger partial charge in [-0.2, -0.15) is 0 Å². The molecule has 0 amide bonds. The molecule has 2 aliphatic rings. The highest BCUT2D eigenvalue weighted by Gasteiger charge is 2.51. The molecule has 0 atom stereocenters. The minimum absolute atomic E-state index is 0.0632. The third-order valence-electron chi connectivity index (χ3n) is 29.3. The Kier molecular flexibility index (Phi) is 29.0. The van der Waals surface area contributed by atoms with Gasteiger partial charge >= 0.3 is 0 Å². The van der Waals surface area contributed by atoms with Crippen molar-refractivity contribution < 1.29 is 0 Å². The van der Waals surface area contributed by atoms with Crippen molar-refractivity contribution in [2.75, 3.05) is 9.80 Å². The van der Waals surface area contributed by atoms with E-state index < -0.39 is 0 Å². The van der Waals surface area contributed by atoms with Gasteiger partial charge in [-0.1, -0.05) is 421 Å². The predicted molar refractivity (Wildman–Crippen MR) is 511 cm³/mol. The van der Waals surface area contributed by atoms with Crippen LogP contribution in [0.15, 0.2) is 201 Å². The number of rotatable bonds is 41. The summed E-state index contributed by atoms with van der Waals surface area (Å²) in [6.45, 7) is 54.7. The van der Waals surface area contributed by atoms with E-state index in [1.54, 1.807) is 33.4 Å². The van der Waals surface area contributed by atoms with Gasteiger partial charge in [-0.15, -0.1) is 0 Å². The second kappa shape index (κ2) is 37.7. The topological polar surface area (TPSA) is 6.48 Å². The number of unbranched alkanes of at least 4 members (excludes halogenated alkanes) is 20. The van der Waals surface area contributed by atoms with Crippen LogP contribution in [0.4, 0.5) is 34.1 Å². The molecular weight excluding hydrogens is 1400 g/mol. The molecule has 2 aliphatic carbocycles. The first-order chi connectivity index (χ1) is 55.2. The van der Waals surface area contributed by atoms with Crippen molar-refractivity contribution >= 4 is 40.2 Å². The molecule has 116 heavy (non-hydrogen) atoms. The molecule has 0 aromatic heterocycles. The highest BCUT2D eigenvalue weighted by Crippen LogP contribution is 2.63. The summed E-state index contributed by atoms with van der Waals surface area (Å²) in [6, 6.07) is 78.0. The minimum atomic E-state index is -0.235. The number of hydrogen-bond donors (Lipinski definition) is 0. The number of hydrogen-bond acceptors (Lipinski definition) is 2. The molecule has 0 aliphatic heterocycles. The average Bonchev–Trinajstić information content (AvgIpc) is 1.52. The van der Waals surface area contributed by atoms with Crippen LogP contribution in [0.1, 0.15) is 392 Å². The van der Waals surface area contributed by atoms with Crippen molar-refractivity contribution in [2.24, 2.45) is 0 Å². The van der Waals surface area contributed by atoms with Gasteiger partial charge in [-0.3, -0.25) is 0 Å². The summed E-state index contributed by atoms with van der Waals surface area (Å²) in [4.78, 5) is 4.88. The van der Waals surface area contributed by atoms with Crippen LogP contribution in [-0.4, -0.2) is 0 Å². The second-order valence-corrected chi connectivity index (χ2v) is 41.2. The Morgan fingerprint density at radius 3 is 0.681 bits per heavy atom. The summed E-state index contributed by atoms with van der Waals surface area (Å²) in [7, 11) is 0. The highest BCUT2D eigenvalue weighted by molar-refractivity contribution is 5.91. The fourth-order valence-corrected chi connectivity index (χ4v) is 19.9. The van der Waals surface area contributed by atoms with E-state index in [1.165, 1.54) is 247 Å². The van der Waals surface area contributed by atoms with Crippen LogP contribution in [0.3, 0.4) is 0 Å². The van der Waals surface area contributed by atoms with Crippen LogP contribution >= 0.6 is 0 Å². The van der Waals surface area contributed by atoms with Crippen molar-refractivity contribution in [3.05, 3.63) is 267 Å². The molecule has 0 fully saturated rings. The van der Waals surface area contributed by atoms with Gasteiger partial charge in [0.05, 0.1) is 0 Å². The van der Waals surface area contributed by atoms with Crippen molar-refractivity contribution in [1.29, 1.82) is 0 Å². The van der Waals surface area contributed by atoms with E-state index in [0.717, 1.165) is 22.6 Å². The molecule has 0 spiro atoms. The second-order valence-electron chi connectivity index (χ2n) is 41.2. The standard InChI is InChI=1S/C114H154N2/c1-23-28-32-36-40-44-76-113(77-45-41-37-33-29-24-2)102-80-90(111(19,20)109(15,16)88-56-70-96(71-57-88)115(92-62-48-84(27-5)49-63-92)93-64-50-85(51-65-93)106(6,7)8)60-74-98(102)100-82-105-101(83-104(100)113)99-75-61-91(81-103(99)114(105,78-46-42-38-34-30-25-3)79-47-43-39-35-31-26-4)112(21,22)110(17,18)89-58-72-97(73-59-89)116(94-66-52-86(53-67-94)107(9,10)11)95-68-54-87(55-69-95)108(12,13)14/h27,48-75,80-83H,5,23-26,28-47,76-79H2,1-4,6-22H3. The normalized spacial score (nSPS) is 14.0. The van der Waals surface area contributed by atoms with E-state index >= 15 is 0 Å². The Morgan fingerprint density at radius 2 is 0.440 bits per heavy atom. The molecule has 0 saturated carbocycles. The lowest BCUT2D eigenvalue weighted by Gasteiger charge is -2.44. The Balaban J connectivity index is 1.03. The van der Waals surface area contributed by atoms with Crippen molar-refractivity contribution in [2.45, 2.75) is 374 Å². The highest BCUT2D eigenvalue weighted by atomic mass is 15.1. The third kappa shape index (κ3) is 19.1. The van der Waals surface area contributed by atoms with Crippen LogP contribution in [0.2, 0.25) is 0 Å². The lowest BCUT2D eigenvalue weighted by Crippen LogP contribution is -2.40. The monoisotopic (exact) mass is 1550 g/mol. The van der Waals surface area contributed by atoms with Crippen LogP contribution in [0.25, 0.3) is 28.3 Å². The van der Waals surface area contributed by atoms with Gasteiger partial charge < -0.3 is 9.80 Å². The largest absolute Gasteiger partial charge is 0.311 e. The Morgan fingerprint density at radius 1 is 0.233 bits per heavy atom. The Hall–Kier alpha value is -7.68. The summed E-state index contributed by atoms with van der Waals surface area (Å²) in [5.74, 6) is 0. The predicted octanol–water partition coefficient (Wildman–Crippen LogP) is 35.2. The minimum Gasteiger partial charge on any atom is -0.311 e. The number of nitrogens with zero attached hydrogens (tertiary/aromatic N) is 2. The van der Waals surface area contributed by atoms with E-state index in [9.17, 15) is 0 Å². The molecule has 0 bridgehead atoms. The van der Waals surface area contributed by atoms with E-state index in [4.69, 9.17) is 0 Å². The zero-order valence-electron chi connectivity index (χ0n) is 77.0. The van der Waals surface area contributed by atoms with E-state index in [-0.39, 0.29) is 48.7 Å². The van der Waals surface area contributed by atoms with Crippen molar-refractivity contribution in [3.63, 3.8) is 0 Å². The number of fused-ring (bicyclic) bond motifs is 6. The first-order valence-electron chi connectivity index (χ1n) is 46.6. The van der Waals surface area contributed by atoms with E-state index in [2.05, 4.69) is 356 Å². The van der Waals surface area contributed by atoms with E-state index in [0.29, 0.717) is 0 Å². The number of anilines is 6. The molecule has 9 aromatic carbocycles. The number of benzene rings is 9. The van der Waals surface area contributed by atoms with Crippen LogP contribution in [0.5, 0.6) is 0 Å². The van der Waals surface area contributed by atoms with Gasteiger partial charge in [-0.05, 0) is 238 Å². The molecule has 0 saturated heterocycles. The molecule has 2 nitrogen and oxygen atoms in total. The quantitative estimate of drug-likeness (QED) is 0.0353. The molecule has 9 aromatic rings. The summed E-state index contributed by atoms with van der Waals surface area (Å²) >= 11 is 0. The molecule has 0 N–H and O–H groups in total. The molecule has 620 valence electrons. The van der Waals surface area contributed by atoms with Crippen LogP contribution in [-0.2, 0) is 48.7 Å². The van der Waals surface area contributed by atoms with Crippen molar-refractivity contribution in [3.8, 4) is 22.3 Å². The van der Waals surface area contributed by atoms with Gasteiger partial charge in [0.15, 0.2) is 0 Å². The maximum Gasteiger partial charge on any atom is 0.0462 e. The summed E-state index contributed by atoms with van der Waals surface area (Å²) in [6.07, 6.45) is 37.9. The van der Waals surface area contributed by atoms with Gasteiger partial charge in [0.25, 0.3) is 0 Å². The van der Waals surface area contributed by atoms with Gasteiger partial charge in [0, 0.05) is 45.0 Å². The smallest absolute Gasteiger partial charge is 0.0462 e. The SMILES string of the molecule is C=Cc1ccc(N(c2ccc(C(C)(C)C)cc2)c2ccc(C(C)(C)C(C)(C)c3ccc4c(c3)C(CCCCCCCC)(CCCCCCCC)c3cc5c(cc3-4)C(CCCCCCCC)(CCCCCCCC)c3cc(C(C)(C)C(C)(C)c4ccc(N(c6ccc(C(C)(C)C)cc6)c6ccc(C(C)(C)C)cc6)cc4)ccc3-5)cc2)cc1. The fourth-order valence-electron chi connectivity index (χ4n) is 19.9. The zero-order valence-corrected chi connectivity index (χ0v) is 77.0. The molecule has 11 rings (SSSR count). The van der Waals surface area contributed by atoms with Gasteiger partial charge in [0.2, 0.25) is 0 Å². The first-order valence-corrected chi connectivity index (χ1v) is 46.6. The van der Waals surface area contributed by atoms with Crippen molar-refractivity contribution in [1.82, 2.24) is 0 Å². The molecular formula is C114H154N2. The lowest BCUT2D eigenvalue weighted by atomic mass is 9.60. The molecule has 0 heterocycles. The lowest BCUT2D eigenvalue weighted by molar-refractivity contribution is 0.302. The maximum atomic E-state index is 4.09.